The molecule has 1 aromatic rings. The van der Waals surface area contributed by atoms with Crippen LogP contribution in [0.5, 0.6) is 5.75 Å². The Morgan fingerprint density at radius 2 is 2.00 bits per heavy atom. The molecule has 0 aliphatic rings. The number of phenolic OH excluding ortho intramolecular Hbond substituents is 1. The predicted octanol–water partition coefficient (Wildman–Crippen LogP) is 1.48. The minimum atomic E-state index is 0.137. The van der Waals surface area contributed by atoms with Gasteiger partial charge in [0, 0.05) is 5.56 Å². The zero-order chi connectivity index (χ0) is 8.97. The van der Waals surface area contributed by atoms with Gasteiger partial charge in [0.2, 0.25) is 0 Å². The van der Waals surface area contributed by atoms with Crippen LogP contribution in [0.2, 0.25) is 13.1 Å². The molecular weight excluding hydrogens is 151 g/mol. The Balaban J connectivity index is 2.75. The predicted molar refractivity (Wildman–Crippen MR) is 50.3 cm³/mol. The molecule has 0 aliphatic heterocycles. The van der Waals surface area contributed by atoms with E-state index in [1.54, 1.807) is 12.1 Å². The van der Waals surface area contributed by atoms with Crippen LogP contribution >= 0.6 is 0 Å². The van der Waals surface area contributed by atoms with E-state index in [1.165, 1.54) is 12.1 Å². The number of aromatic hydroxyl groups is 1. The summed E-state index contributed by atoms with van der Waals surface area (Å²) in [5.41, 5.74) is 0.676. The normalized spacial score (nSPS) is 9.42. The molecule has 0 saturated carbocycles. The number of ketones is 1. The van der Waals surface area contributed by atoms with Crippen molar-refractivity contribution in [3.8, 4) is 5.75 Å². The summed E-state index contributed by atoms with van der Waals surface area (Å²) in [5, 5.41) is 8.96. The molecule has 1 N–H and O–H groups in total. The lowest BCUT2D eigenvalue weighted by atomic mass is 9.75. The average molecular weight is 162 g/mol. The second kappa shape index (κ2) is 3.95. The number of phenols is 1. The van der Waals surface area contributed by atoms with Crippen molar-refractivity contribution in [3.63, 3.8) is 0 Å². The van der Waals surface area contributed by atoms with Crippen LogP contribution in [-0.4, -0.2) is 18.2 Å². The van der Waals surface area contributed by atoms with Crippen molar-refractivity contribution in [2.24, 2.45) is 0 Å². The lowest BCUT2D eigenvalue weighted by molar-refractivity contribution is 0.101. The Bertz CT molecular complexity index is 266. The summed E-state index contributed by atoms with van der Waals surface area (Å²) in [6.07, 6.45) is 0.574. The van der Waals surface area contributed by atoms with Crippen LogP contribution < -0.4 is 0 Å². The Morgan fingerprint density at radius 1 is 1.42 bits per heavy atom. The molecule has 0 atom stereocenters. The van der Waals surface area contributed by atoms with Crippen LogP contribution in [0.1, 0.15) is 10.4 Å². The molecule has 0 fully saturated rings. The van der Waals surface area contributed by atoms with Crippen LogP contribution in [0.3, 0.4) is 0 Å². The number of hydrogen-bond acceptors (Lipinski definition) is 2. The van der Waals surface area contributed by atoms with Gasteiger partial charge >= 0.3 is 0 Å². The topological polar surface area (TPSA) is 37.3 Å². The number of hydrogen-bond donors (Lipinski definition) is 1. The van der Waals surface area contributed by atoms with Crippen molar-refractivity contribution in [2.75, 3.05) is 0 Å². The van der Waals surface area contributed by atoms with Crippen LogP contribution in [0.25, 0.3) is 0 Å². The highest BCUT2D eigenvalue weighted by Gasteiger charge is 2.03. The van der Waals surface area contributed by atoms with E-state index in [0.717, 1.165) is 7.28 Å². The standard InChI is InChI=1S/C9H11BO2/c1-10-6-9(12)7-2-4-8(11)5-3-7/h2-5,10-11H,6H2,1H3. The first-order chi connectivity index (χ1) is 5.74. The summed E-state index contributed by atoms with van der Waals surface area (Å²) >= 11 is 0. The second-order valence-electron chi connectivity index (χ2n) is 2.72. The van der Waals surface area contributed by atoms with Gasteiger partial charge in [0.15, 0.2) is 5.78 Å². The van der Waals surface area contributed by atoms with E-state index in [1.807, 2.05) is 6.82 Å². The molecule has 2 nitrogen and oxygen atoms in total. The molecular formula is C9H11BO2. The summed E-state index contributed by atoms with van der Waals surface area (Å²) in [6, 6.07) is 6.35. The molecule has 62 valence electrons. The summed E-state index contributed by atoms with van der Waals surface area (Å²) in [6.45, 7) is 1.97. The van der Waals surface area contributed by atoms with Crippen molar-refractivity contribution in [3.05, 3.63) is 29.8 Å². The zero-order valence-electron chi connectivity index (χ0n) is 7.08. The number of Topliss-reactive ketones (excluding diaryl/α,β-unsaturated/α-hetero) is 1. The molecule has 3 heteroatoms. The van der Waals surface area contributed by atoms with Gasteiger partial charge in [-0.25, -0.2) is 0 Å². The third-order valence-electron chi connectivity index (χ3n) is 1.67. The fraction of sp³-hybridized carbons (Fsp3) is 0.222. The number of rotatable bonds is 3. The smallest absolute Gasteiger partial charge is 0.155 e. The van der Waals surface area contributed by atoms with Crippen molar-refractivity contribution < 1.29 is 9.90 Å². The van der Waals surface area contributed by atoms with E-state index < -0.39 is 0 Å². The second-order valence-corrected chi connectivity index (χ2v) is 2.72. The lowest BCUT2D eigenvalue weighted by Gasteiger charge is -1.97. The fourth-order valence-corrected chi connectivity index (χ4v) is 1.02. The molecule has 0 saturated heterocycles. The van der Waals surface area contributed by atoms with Crippen LogP contribution in [-0.2, 0) is 0 Å². The zero-order valence-corrected chi connectivity index (χ0v) is 7.08. The minimum Gasteiger partial charge on any atom is -0.508 e. The van der Waals surface area contributed by atoms with Gasteiger partial charge in [0.1, 0.15) is 13.0 Å². The van der Waals surface area contributed by atoms with E-state index in [4.69, 9.17) is 5.11 Å². The molecule has 0 spiro atoms. The number of carbonyl (C=O) groups excluding carboxylic acids is 1. The Hall–Kier alpha value is -1.25. The molecule has 0 unspecified atom stereocenters. The molecule has 0 heterocycles. The number of carbonyl (C=O) groups is 1. The fourth-order valence-electron chi connectivity index (χ4n) is 1.02. The molecule has 12 heavy (non-hydrogen) atoms. The molecule has 0 aliphatic carbocycles. The van der Waals surface area contributed by atoms with Crippen LogP contribution in [0, 0.1) is 0 Å². The van der Waals surface area contributed by atoms with Crippen molar-refractivity contribution in [1.82, 2.24) is 0 Å². The SMILES string of the molecule is CBCC(=O)c1ccc(O)cc1. The van der Waals surface area contributed by atoms with E-state index in [0.29, 0.717) is 11.9 Å². The van der Waals surface area contributed by atoms with Crippen molar-refractivity contribution >= 4 is 13.1 Å². The quantitative estimate of drug-likeness (QED) is 0.539. The molecule has 1 aromatic carbocycles. The van der Waals surface area contributed by atoms with Gasteiger partial charge in [-0.2, -0.15) is 0 Å². The van der Waals surface area contributed by atoms with Gasteiger partial charge in [-0.05, 0) is 30.6 Å². The van der Waals surface area contributed by atoms with Gasteiger partial charge < -0.3 is 5.11 Å². The highest BCUT2D eigenvalue weighted by atomic mass is 16.3. The van der Waals surface area contributed by atoms with Gasteiger partial charge in [-0.15, -0.1) is 0 Å². The van der Waals surface area contributed by atoms with Crippen LogP contribution in [0.4, 0.5) is 0 Å². The Morgan fingerprint density at radius 3 is 2.50 bits per heavy atom. The summed E-state index contributed by atoms with van der Waals surface area (Å²) in [4.78, 5) is 11.3. The van der Waals surface area contributed by atoms with E-state index in [9.17, 15) is 4.79 Å². The lowest BCUT2D eigenvalue weighted by Crippen LogP contribution is -2.00. The van der Waals surface area contributed by atoms with Gasteiger partial charge in [0.25, 0.3) is 0 Å². The summed E-state index contributed by atoms with van der Waals surface area (Å²) in [7, 11) is 0.861. The van der Waals surface area contributed by atoms with E-state index in [-0.39, 0.29) is 11.5 Å². The van der Waals surface area contributed by atoms with Gasteiger partial charge in [-0.3, -0.25) is 4.79 Å². The van der Waals surface area contributed by atoms with E-state index >= 15 is 0 Å². The maximum Gasteiger partial charge on any atom is 0.155 e. The Labute approximate surface area is 72.5 Å². The molecule has 1 rings (SSSR count). The number of benzene rings is 1. The maximum atomic E-state index is 11.3. The van der Waals surface area contributed by atoms with Crippen molar-refractivity contribution in [2.45, 2.75) is 13.1 Å². The third kappa shape index (κ3) is 2.12. The monoisotopic (exact) mass is 162 g/mol. The van der Waals surface area contributed by atoms with Gasteiger partial charge in [0.05, 0.1) is 0 Å². The maximum absolute atomic E-state index is 11.3. The molecule has 0 radical (unpaired) electrons. The summed E-state index contributed by atoms with van der Waals surface area (Å²) < 4.78 is 0. The Kier molecular flexibility index (Phi) is 2.91. The largest absolute Gasteiger partial charge is 0.508 e. The van der Waals surface area contributed by atoms with E-state index in [2.05, 4.69) is 0 Å². The third-order valence-corrected chi connectivity index (χ3v) is 1.67. The molecule has 0 aromatic heterocycles. The minimum absolute atomic E-state index is 0.137. The first-order valence-electron chi connectivity index (χ1n) is 4.06. The highest BCUT2D eigenvalue weighted by molar-refractivity contribution is 6.41. The molecule has 0 bridgehead atoms. The van der Waals surface area contributed by atoms with Crippen molar-refractivity contribution in [1.29, 1.82) is 0 Å². The molecule has 0 amide bonds. The first-order valence-corrected chi connectivity index (χ1v) is 4.06. The van der Waals surface area contributed by atoms with Crippen LogP contribution in [0.15, 0.2) is 24.3 Å². The highest BCUT2D eigenvalue weighted by Crippen LogP contribution is 2.11. The average Bonchev–Trinajstić information content (AvgIpc) is 2.06. The summed E-state index contributed by atoms with van der Waals surface area (Å²) in [5.74, 6) is 0.334. The van der Waals surface area contributed by atoms with Gasteiger partial charge in [-0.1, -0.05) is 6.82 Å². The first kappa shape index (κ1) is 8.85.